The minimum Gasteiger partial charge on any atom is -0.462 e. The highest BCUT2D eigenvalue weighted by atomic mass is 16.6. The van der Waals surface area contributed by atoms with Gasteiger partial charge in [0.05, 0.1) is 59.5 Å². The van der Waals surface area contributed by atoms with E-state index in [-0.39, 0.29) is 12.6 Å². The zero-order chi connectivity index (χ0) is 22.1. The standard InChI is InChI=1S/C23H44O7/c1-22(2)23(25)30-14-11-9-7-5-3-4-6-8-10-13-26-16-18-28-20-21-29-19-17-27-15-12-24/h24H,1,3-21H2,2H3. The second-order valence-corrected chi connectivity index (χ2v) is 7.27. The first-order valence-electron chi connectivity index (χ1n) is 11.4. The number of rotatable bonds is 24. The number of unbranched alkanes of at least 4 members (excludes halogenated alkanes) is 8. The van der Waals surface area contributed by atoms with Crippen molar-refractivity contribution in [1.29, 1.82) is 0 Å². The summed E-state index contributed by atoms with van der Waals surface area (Å²) in [5.74, 6) is -0.283. The Kier molecular flexibility index (Phi) is 23.5. The van der Waals surface area contributed by atoms with Crippen LogP contribution in [0.3, 0.4) is 0 Å². The van der Waals surface area contributed by atoms with Crippen molar-refractivity contribution in [3.8, 4) is 0 Å². The highest BCUT2D eigenvalue weighted by Gasteiger charge is 2.01. The number of carbonyl (C=O) groups is 1. The van der Waals surface area contributed by atoms with Gasteiger partial charge in [0.25, 0.3) is 0 Å². The van der Waals surface area contributed by atoms with Gasteiger partial charge in [-0.05, 0) is 19.8 Å². The molecular formula is C23H44O7. The number of aliphatic hydroxyl groups is 1. The number of ether oxygens (including phenoxy) is 5. The summed E-state index contributed by atoms with van der Waals surface area (Å²) in [6.45, 7) is 10.3. The Bertz CT molecular complexity index is 388. The molecule has 0 amide bonds. The molecule has 0 unspecified atom stereocenters. The summed E-state index contributed by atoms with van der Waals surface area (Å²) in [6.07, 6.45) is 10.6. The molecule has 0 bridgehead atoms. The quantitative estimate of drug-likeness (QED) is 0.141. The average Bonchev–Trinajstić information content (AvgIpc) is 2.74. The van der Waals surface area contributed by atoms with Crippen molar-refractivity contribution in [3.63, 3.8) is 0 Å². The zero-order valence-electron chi connectivity index (χ0n) is 19.0. The van der Waals surface area contributed by atoms with Crippen LogP contribution in [0.25, 0.3) is 0 Å². The molecule has 0 aliphatic heterocycles. The summed E-state index contributed by atoms with van der Waals surface area (Å²) < 4.78 is 26.5. The molecule has 7 nitrogen and oxygen atoms in total. The third-order valence-corrected chi connectivity index (χ3v) is 4.37. The van der Waals surface area contributed by atoms with Gasteiger partial charge in [-0.15, -0.1) is 0 Å². The third-order valence-electron chi connectivity index (χ3n) is 4.37. The van der Waals surface area contributed by atoms with Crippen LogP contribution in [0.4, 0.5) is 0 Å². The van der Waals surface area contributed by atoms with Crippen LogP contribution >= 0.6 is 0 Å². The van der Waals surface area contributed by atoms with Gasteiger partial charge in [0.1, 0.15) is 0 Å². The van der Waals surface area contributed by atoms with Crippen LogP contribution in [0.2, 0.25) is 0 Å². The Morgan fingerprint density at radius 2 is 0.967 bits per heavy atom. The molecule has 0 fully saturated rings. The Morgan fingerprint density at radius 3 is 1.40 bits per heavy atom. The molecule has 0 saturated carbocycles. The molecular weight excluding hydrogens is 388 g/mol. The molecule has 0 radical (unpaired) electrons. The second-order valence-electron chi connectivity index (χ2n) is 7.27. The predicted molar refractivity (Wildman–Crippen MR) is 118 cm³/mol. The second kappa shape index (κ2) is 24.3. The molecule has 0 saturated heterocycles. The Morgan fingerprint density at radius 1 is 0.600 bits per heavy atom. The first-order chi connectivity index (χ1) is 14.7. The van der Waals surface area contributed by atoms with Crippen LogP contribution in [0.5, 0.6) is 0 Å². The van der Waals surface area contributed by atoms with Gasteiger partial charge >= 0.3 is 5.97 Å². The maximum absolute atomic E-state index is 11.2. The topological polar surface area (TPSA) is 83.5 Å². The van der Waals surface area contributed by atoms with E-state index in [2.05, 4.69) is 6.58 Å². The molecule has 0 aliphatic carbocycles. The van der Waals surface area contributed by atoms with Gasteiger partial charge in [0.15, 0.2) is 0 Å². The van der Waals surface area contributed by atoms with Crippen molar-refractivity contribution < 1.29 is 33.6 Å². The number of esters is 1. The number of hydrogen-bond acceptors (Lipinski definition) is 7. The van der Waals surface area contributed by atoms with E-state index in [0.29, 0.717) is 58.4 Å². The van der Waals surface area contributed by atoms with E-state index in [9.17, 15) is 4.79 Å². The fourth-order valence-corrected chi connectivity index (χ4v) is 2.66. The highest BCUT2D eigenvalue weighted by Crippen LogP contribution is 2.10. The normalized spacial score (nSPS) is 11.0. The molecule has 1 N–H and O–H groups in total. The van der Waals surface area contributed by atoms with Crippen LogP contribution in [0.15, 0.2) is 12.2 Å². The minimum absolute atomic E-state index is 0.0438. The molecule has 0 rings (SSSR count). The fraction of sp³-hybridized carbons (Fsp3) is 0.870. The highest BCUT2D eigenvalue weighted by molar-refractivity contribution is 5.86. The number of carbonyl (C=O) groups excluding carboxylic acids is 1. The van der Waals surface area contributed by atoms with Gasteiger partial charge in [0.2, 0.25) is 0 Å². The van der Waals surface area contributed by atoms with E-state index in [1.165, 1.54) is 38.5 Å². The van der Waals surface area contributed by atoms with E-state index >= 15 is 0 Å². The molecule has 0 aromatic heterocycles. The van der Waals surface area contributed by atoms with Crippen molar-refractivity contribution in [2.75, 3.05) is 66.1 Å². The molecule has 0 aromatic rings. The van der Waals surface area contributed by atoms with Crippen molar-refractivity contribution in [2.45, 2.75) is 64.7 Å². The smallest absolute Gasteiger partial charge is 0.333 e. The monoisotopic (exact) mass is 432 g/mol. The number of aliphatic hydroxyl groups excluding tert-OH is 1. The largest absolute Gasteiger partial charge is 0.462 e. The SMILES string of the molecule is C=C(C)C(=O)OCCCCCCCCCCCOCCOCCOCCOCCO. The van der Waals surface area contributed by atoms with Crippen molar-refractivity contribution in [3.05, 3.63) is 12.2 Å². The summed E-state index contributed by atoms with van der Waals surface area (Å²) in [6, 6.07) is 0. The maximum Gasteiger partial charge on any atom is 0.333 e. The molecule has 0 aliphatic rings. The van der Waals surface area contributed by atoms with E-state index in [0.717, 1.165) is 25.9 Å². The molecule has 0 aromatic carbocycles. The van der Waals surface area contributed by atoms with E-state index < -0.39 is 0 Å². The Labute approximate surface area is 183 Å². The van der Waals surface area contributed by atoms with E-state index in [4.69, 9.17) is 28.8 Å². The molecule has 30 heavy (non-hydrogen) atoms. The third kappa shape index (κ3) is 23.3. The van der Waals surface area contributed by atoms with E-state index in [1.807, 2.05) is 0 Å². The lowest BCUT2D eigenvalue weighted by Crippen LogP contribution is -2.12. The van der Waals surface area contributed by atoms with Gasteiger partial charge < -0.3 is 28.8 Å². The number of hydrogen-bond donors (Lipinski definition) is 1. The first kappa shape index (κ1) is 29.0. The van der Waals surface area contributed by atoms with Crippen molar-refractivity contribution >= 4 is 5.97 Å². The Balaban J connectivity index is 3.05. The van der Waals surface area contributed by atoms with Crippen molar-refractivity contribution in [1.82, 2.24) is 0 Å². The summed E-state index contributed by atoms with van der Waals surface area (Å²) in [4.78, 5) is 11.2. The molecule has 178 valence electrons. The molecule has 0 heterocycles. The van der Waals surface area contributed by atoms with Crippen LogP contribution < -0.4 is 0 Å². The van der Waals surface area contributed by atoms with Crippen LogP contribution in [0.1, 0.15) is 64.7 Å². The average molecular weight is 433 g/mol. The van der Waals surface area contributed by atoms with Crippen LogP contribution in [0, 0.1) is 0 Å². The van der Waals surface area contributed by atoms with Gasteiger partial charge in [-0.2, -0.15) is 0 Å². The lowest BCUT2D eigenvalue weighted by molar-refractivity contribution is -0.139. The first-order valence-corrected chi connectivity index (χ1v) is 11.4. The van der Waals surface area contributed by atoms with E-state index in [1.54, 1.807) is 6.92 Å². The van der Waals surface area contributed by atoms with Gasteiger partial charge in [-0.3, -0.25) is 0 Å². The molecule has 0 atom stereocenters. The summed E-state index contributed by atoms with van der Waals surface area (Å²) in [5, 5.41) is 8.54. The lowest BCUT2D eigenvalue weighted by Gasteiger charge is -2.07. The van der Waals surface area contributed by atoms with Crippen LogP contribution in [-0.2, 0) is 28.5 Å². The zero-order valence-corrected chi connectivity index (χ0v) is 19.0. The summed E-state index contributed by atoms with van der Waals surface area (Å²) >= 11 is 0. The Hall–Kier alpha value is -0.990. The van der Waals surface area contributed by atoms with Crippen molar-refractivity contribution in [2.24, 2.45) is 0 Å². The van der Waals surface area contributed by atoms with Crippen LogP contribution in [-0.4, -0.2) is 77.1 Å². The lowest BCUT2D eigenvalue weighted by atomic mass is 10.1. The summed E-state index contributed by atoms with van der Waals surface area (Å²) in [5.41, 5.74) is 0.466. The van der Waals surface area contributed by atoms with Gasteiger partial charge in [-0.1, -0.05) is 51.5 Å². The van der Waals surface area contributed by atoms with Gasteiger partial charge in [-0.25, -0.2) is 4.79 Å². The molecule has 7 heteroatoms. The maximum atomic E-state index is 11.2. The fourth-order valence-electron chi connectivity index (χ4n) is 2.66. The minimum atomic E-state index is -0.283. The predicted octanol–water partition coefficient (Wildman–Crippen LogP) is 3.68. The van der Waals surface area contributed by atoms with Gasteiger partial charge in [0, 0.05) is 12.2 Å². The summed E-state index contributed by atoms with van der Waals surface area (Å²) in [7, 11) is 0. The molecule has 0 spiro atoms.